The fraction of sp³-hybridized carbons (Fsp3) is 0.286. The van der Waals surface area contributed by atoms with Gasteiger partial charge in [-0.05, 0) is 23.6 Å². The minimum Gasteiger partial charge on any atom is -0.312 e. The Morgan fingerprint density at radius 2 is 1.85 bits per heavy atom. The third-order valence-electron chi connectivity index (χ3n) is 2.84. The Bertz CT molecular complexity index is 636. The molecule has 0 atom stereocenters. The van der Waals surface area contributed by atoms with Gasteiger partial charge in [0.25, 0.3) is 0 Å². The van der Waals surface area contributed by atoms with Crippen molar-refractivity contribution >= 4 is 21.4 Å². The van der Waals surface area contributed by atoms with E-state index in [2.05, 4.69) is 10.0 Å². The Morgan fingerprint density at radius 1 is 1.10 bits per heavy atom. The van der Waals surface area contributed by atoms with Crippen LogP contribution in [0, 0.1) is 0 Å². The summed E-state index contributed by atoms with van der Waals surface area (Å²) in [6.07, 6.45) is 0. The van der Waals surface area contributed by atoms with E-state index in [1.54, 1.807) is 6.07 Å². The molecule has 0 bridgehead atoms. The lowest BCUT2D eigenvalue weighted by Gasteiger charge is -2.08. The molecule has 1 aromatic heterocycles. The van der Waals surface area contributed by atoms with Gasteiger partial charge >= 0.3 is 0 Å². The maximum absolute atomic E-state index is 12.3. The average Bonchev–Trinajstić information content (AvgIpc) is 2.93. The molecule has 1 aromatic carbocycles. The number of sulfonamides is 1. The minimum absolute atomic E-state index is 0.305. The SMILES string of the molecule is CCNCc1sccc1S(=O)(=O)NCc1ccccc1. The van der Waals surface area contributed by atoms with Crippen LogP contribution in [0.5, 0.6) is 0 Å². The molecule has 0 spiro atoms. The van der Waals surface area contributed by atoms with Crippen molar-refractivity contribution in [3.8, 4) is 0 Å². The van der Waals surface area contributed by atoms with E-state index in [0.717, 1.165) is 17.0 Å². The summed E-state index contributed by atoms with van der Waals surface area (Å²) in [4.78, 5) is 1.21. The van der Waals surface area contributed by atoms with E-state index in [0.29, 0.717) is 18.0 Å². The number of hydrogen-bond donors (Lipinski definition) is 2. The quantitative estimate of drug-likeness (QED) is 0.825. The molecular weight excluding hydrogens is 292 g/mol. The normalized spacial score (nSPS) is 11.7. The van der Waals surface area contributed by atoms with Gasteiger partial charge in [0.2, 0.25) is 10.0 Å². The van der Waals surface area contributed by atoms with Gasteiger partial charge in [-0.3, -0.25) is 0 Å². The second-order valence-electron chi connectivity index (χ2n) is 4.30. The zero-order valence-electron chi connectivity index (χ0n) is 11.3. The lowest BCUT2D eigenvalue weighted by atomic mass is 10.2. The fourth-order valence-corrected chi connectivity index (χ4v) is 4.22. The smallest absolute Gasteiger partial charge is 0.242 e. The highest BCUT2D eigenvalue weighted by Crippen LogP contribution is 2.21. The van der Waals surface area contributed by atoms with E-state index < -0.39 is 10.0 Å². The molecule has 0 fully saturated rings. The maximum Gasteiger partial charge on any atom is 0.242 e. The molecule has 0 saturated carbocycles. The summed E-state index contributed by atoms with van der Waals surface area (Å²) in [5.74, 6) is 0. The molecule has 6 heteroatoms. The van der Waals surface area contributed by atoms with Crippen molar-refractivity contribution in [2.75, 3.05) is 6.54 Å². The molecule has 0 unspecified atom stereocenters. The van der Waals surface area contributed by atoms with Crippen molar-refractivity contribution < 1.29 is 8.42 Å². The zero-order chi connectivity index (χ0) is 14.4. The summed E-state index contributed by atoms with van der Waals surface area (Å²) in [6.45, 7) is 3.69. The second-order valence-corrected chi connectivity index (χ2v) is 7.03. The number of thiophene rings is 1. The van der Waals surface area contributed by atoms with E-state index in [1.807, 2.05) is 42.6 Å². The molecule has 0 aliphatic carbocycles. The van der Waals surface area contributed by atoms with Crippen molar-refractivity contribution in [2.45, 2.75) is 24.9 Å². The standard InChI is InChI=1S/C14H18N2O2S2/c1-2-15-11-13-14(8-9-19-13)20(17,18)16-10-12-6-4-3-5-7-12/h3-9,15-16H,2,10-11H2,1H3. The summed E-state index contributed by atoms with van der Waals surface area (Å²) < 4.78 is 27.3. The first-order valence-electron chi connectivity index (χ1n) is 6.44. The van der Waals surface area contributed by atoms with Gasteiger partial charge in [0.05, 0.1) is 4.90 Å². The fourth-order valence-electron chi connectivity index (χ4n) is 1.79. The van der Waals surface area contributed by atoms with Crippen molar-refractivity contribution in [1.82, 2.24) is 10.0 Å². The van der Waals surface area contributed by atoms with Gasteiger partial charge in [0, 0.05) is 18.0 Å². The van der Waals surface area contributed by atoms with E-state index in [-0.39, 0.29) is 0 Å². The van der Waals surface area contributed by atoms with Crippen LogP contribution < -0.4 is 10.0 Å². The lowest BCUT2D eigenvalue weighted by Crippen LogP contribution is -2.24. The Balaban J connectivity index is 2.08. The van der Waals surface area contributed by atoms with Crippen LogP contribution >= 0.6 is 11.3 Å². The molecule has 2 N–H and O–H groups in total. The summed E-state index contributed by atoms with van der Waals surface area (Å²) in [6, 6.07) is 11.1. The maximum atomic E-state index is 12.3. The van der Waals surface area contributed by atoms with Gasteiger partial charge in [0.15, 0.2) is 0 Å². The van der Waals surface area contributed by atoms with Crippen LogP contribution in [0.25, 0.3) is 0 Å². The third kappa shape index (κ3) is 3.89. The van der Waals surface area contributed by atoms with Crippen LogP contribution in [0.1, 0.15) is 17.4 Å². The molecule has 2 rings (SSSR count). The third-order valence-corrected chi connectivity index (χ3v) is 5.37. The predicted octanol–water partition coefficient (Wildman–Crippen LogP) is 2.34. The van der Waals surface area contributed by atoms with Gasteiger partial charge in [-0.15, -0.1) is 11.3 Å². The van der Waals surface area contributed by atoms with Gasteiger partial charge in [-0.25, -0.2) is 13.1 Å². The first-order valence-corrected chi connectivity index (χ1v) is 8.80. The van der Waals surface area contributed by atoms with E-state index in [1.165, 1.54) is 11.3 Å². The van der Waals surface area contributed by atoms with Crippen LogP contribution in [-0.4, -0.2) is 15.0 Å². The molecule has 108 valence electrons. The highest BCUT2D eigenvalue weighted by Gasteiger charge is 2.19. The van der Waals surface area contributed by atoms with Crippen molar-refractivity contribution in [3.05, 3.63) is 52.2 Å². The summed E-state index contributed by atoms with van der Waals surface area (Å²) in [5, 5.41) is 4.96. The second kappa shape index (κ2) is 6.99. The van der Waals surface area contributed by atoms with Crippen molar-refractivity contribution in [3.63, 3.8) is 0 Å². The number of rotatable bonds is 7. The zero-order valence-corrected chi connectivity index (χ0v) is 12.9. The lowest BCUT2D eigenvalue weighted by molar-refractivity contribution is 0.579. The Labute approximate surface area is 123 Å². The average molecular weight is 310 g/mol. The van der Waals surface area contributed by atoms with Crippen LogP contribution in [0.4, 0.5) is 0 Å². The Hall–Kier alpha value is -1.21. The molecule has 0 aliphatic heterocycles. The van der Waals surface area contributed by atoms with Gasteiger partial charge in [0.1, 0.15) is 0 Å². The molecule has 0 radical (unpaired) electrons. The Kier molecular flexibility index (Phi) is 5.31. The monoisotopic (exact) mass is 310 g/mol. The number of hydrogen-bond acceptors (Lipinski definition) is 4. The Morgan fingerprint density at radius 3 is 2.55 bits per heavy atom. The van der Waals surface area contributed by atoms with Crippen LogP contribution in [0.15, 0.2) is 46.7 Å². The van der Waals surface area contributed by atoms with Crippen molar-refractivity contribution in [1.29, 1.82) is 0 Å². The van der Waals surface area contributed by atoms with Crippen LogP contribution in [-0.2, 0) is 23.1 Å². The molecule has 0 aliphatic rings. The number of benzene rings is 1. The highest BCUT2D eigenvalue weighted by atomic mass is 32.2. The molecular formula is C14H18N2O2S2. The molecule has 1 heterocycles. The van der Waals surface area contributed by atoms with Gasteiger partial charge in [-0.2, -0.15) is 0 Å². The van der Waals surface area contributed by atoms with E-state index in [4.69, 9.17) is 0 Å². The number of nitrogens with one attached hydrogen (secondary N) is 2. The van der Waals surface area contributed by atoms with Crippen LogP contribution in [0.2, 0.25) is 0 Å². The molecule has 0 saturated heterocycles. The summed E-state index contributed by atoms with van der Waals surface area (Å²) in [7, 11) is -3.46. The first-order chi connectivity index (χ1) is 9.63. The molecule has 2 aromatic rings. The van der Waals surface area contributed by atoms with Crippen molar-refractivity contribution in [2.24, 2.45) is 0 Å². The largest absolute Gasteiger partial charge is 0.312 e. The molecule has 0 amide bonds. The summed E-state index contributed by atoms with van der Waals surface area (Å²) >= 11 is 1.46. The minimum atomic E-state index is -3.46. The molecule has 4 nitrogen and oxygen atoms in total. The van der Waals surface area contributed by atoms with E-state index in [9.17, 15) is 8.42 Å². The highest BCUT2D eigenvalue weighted by molar-refractivity contribution is 7.89. The first kappa shape index (κ1) is 15.2. The van der Waals surface area contributed by atoms with Gasteiger partial charge in [-0.1, -0.05) is 37.3 Å². The van der Waals surface area contributed by atoms with Crippen LogP contribution in [0.3, 0.4) is 0 Å². The topological polar surface area (TPSA) is 58.2 Å². The van der Waals surface area contributed by atoms with E-state index >= 15 is 0 Å². The predicted molar refractivity (Wildman–Crippen MR) is 82.2 cm³/mol. The molecule has 20 heavy (non-hydrogen) atoms. The van der Waals surface area contributed by atoms with Gasteiger partial charge < -0.3 is 5.32 Å². The summed E-state index contributed by atoms with van der Waals surface area (Å²) in [5.41, 5.74) is 0.944.